The van der Waals surface area contributed by atoms with Crippen LogP contribution in [0.25, 0.3) is 5.69 Å². The molecular weight excluding hydrogens is 393 g/mol. The van der Waals surface area contributed by atoms with Crippen molar-refractivity contribution in [1.82, 2.24) is 14.7 Å². The second-order valence-electron chi connectivity index (χ2n) is 7.24. The Morgan fingerprint density at radius 3 is 2.75 bits per heavy atom. The molecule has 0 aliphatic carbocycles. The quantitative estimate of drug-likeness (QED) is 0.756. The monoisotopic (exact) mass is 412 g/mol. The topological polar surface area (TPSA) is 41.4 Å². The summed E-state index contributed by atoms with van der Waals surface area (Å²) in [5, 5.41) is 4.09. The molecule has 0 spiro atoms. The number of anilines is 1. The highest BCUT2D eigenvalue weighted by Gasteiger charge is 2.32. The molecule has 1 aromatic carbocycles. The molecule has 1 aromatic heterocycles. The zero-order valence-corrected chi connectivity index (χ0v) is 15.9. The molecule has 2 aliphatic heterocycles. The minimum absolute atomic E-state index is 0.0170. The van der Waals surface area contributed by atoms with Gasteiger partial charge in [-0.1, -0.05) is 24.1 Å². The van der Waals surface area contributed by atoms with Gasteiger partial charge in [0.05, 0.1) is 23.1 Å². The Bertz CT molecular complexity index is 930. The molecular formula is C19H20ClF3N4O. The minimum atomic E-state index is -4.50. The molecule has 4 rings (SSSR count). The summed E-state index contributed by atoms with van der Waals surface area (Å²) in [5.74, 6) is 0. The van der Waals surface area contributed by atoms with Crippen molar-refractivity contribution in [3.8, 4) is 5.69 Å². The number of aromatic nitrogens is 2. The molecule has 0 N–H and O–H groups in total. The number of halogens is 4. The zero-order chi connectivity index (χ0) is 19.9. The highest BCUT2D eigenvalue weighted by Crippen LogP contribution is 2.31. The highest BCUT2D eigenvalue weighted by atomic mass is 35.5. The number of piperidine rings is 1. The van der Waals surface area contributed by atoms with Crippen molar-refractivity contribution in [2.75, 3.05) is 31.1 Å². The molecule has 0 bridgehead atoms. The fourth-order valence-electron chi connectivity index (χ4n) is 4.02. The summed E-state index contributed by atoms with van der Waals surface area (Å²) >= 11 is 6.34. The van der Waals surface area contributed by atoms with Gasteiger partial charge in [-0.3, -0.25) is 9.69 Å². The number of hydrogen-bond donors (Lipinski definition) is 0. The predicted octanol–water partition coefficient (Wildman–Crippen LogP) is 3.58. The molecule has 5 nitrogen and oxygen atoms in total. The summed E-state index contributed by atoms with van der Waals surface area (Å²) in [7, 11) is 0. The van der Waals surface area contributed by atoms with E-state index in [2.05, 4.69) is 14.9 Å². The first kappa shape index (κ1) is 19.3. The number of rotatable bonds is 2. The number of nitrogens with zero attached hydrogens (tertiary/aromatic N) is 4. The molecule has 2 aromatic rings. The number of fused-ring (bicyclic) bond motifs is 1. The lowest BCUT2D eigenvalue weighted by atomic mass is 9.99. The first-order valence-electron chi connectivity index (χ1n) is 9.29. The fourth-order valence-corrected chi connectivity index (χ4v) is 4.27. The Kier molecular flexibility index (Phi) is 5.09. The molecule has 2 fully saturated rings. The van der Waals surface area contributed by atoms with E-state index >= 15 is 0 Å². The van der Waals surface area contributed by atoms with Gasteiger partial charge in [0.15, 0.2) is 0 Å². The standard InChI is InChI=1S/C19H20ClF3N4O/c20-17-16(26-9-8-25-7-2-1-5-15(25)12-26)11-24-27(18(17)28)14-6-3-4-13(10-14)19(21,22)23/h3-4,6,10-11,15H,1-2,5,7-9,12H2. The summed E-state index contributed by atoms with van der Waals surface area (Å²) in [6.07, 6.45) is 0.498. The van der Waals surface area contributed by atoms with Crippen molar-refractivity contribution >= 4 is 17.3 Å². The summed E-state index contributed by atoms with van der Waals surface area (Å²) in [4.78, 5) is 17.2. The third-order valence-corrected chi connectivity index (χ3v) is 5.85. The van der Waals surface area contributed by atoms with Crippen LogP contribution < -0.4 is 10.5 Å². The summed E-state index contributed by atoms with van der Waals surface area (Å²) in [6, 6.07) is 4.93. The van der Waals surface area contributed by atoms with Crippen LogP contribution >= 0.6 is 11.6 Å². The Morgan fingerprint density at radius 2 is 1.96 bits per heavy atom. The lowest BCUT2D eigenvalue weighted by molar-refractivity contribution is -0.137. The maximum Gasteiger partial charge on any atom is 0.416 e. The average molecular weight is 413 g/mol. The molecule has 9 heteroatoms. The molecule has 0 radical (unpaired) electrons. The Labute approximate surface area is 165 Å². The Hall–Kier alpha value is -2.06. The number of benzene rings is 1. The molecule has 28 heavy (non-hydrogen) atoms. The Morgan fingerprint density at radius 1 is 1.14 bits per heavy atom. The third kappa shape index (κ3) is 3.63. The van der Waals surface area contributed by atoms with E-state index in [1.807, 2.05) is 0 Å². The van der Waals surface area contributed by atoms with E-state index in [0.717, 1.165) is 49.4 Å². The van der Waals surface area contributed by atoms with Crippen molar-refractivity contribution < 1.29 is 13.2 Å². The Balaban J connectivity index is 1.64. The summed E-state index contributed by atoms with van der Waals surface area (Å²) in [5.41, 5.74) is -0.887. The van der Waals surface area contributed by atoms with E-state index in [4.69, 9.17) is 11.6 Å². The second kappa shape index (κ2) is 7.40. The summed E-state index contributed by atoms with van der Waals surface area (Å²) < 4.78 is 39.8. The lowest BCUT2D eigenvalue weighted by Crippen LogP contribution is -2.55. The van der Waals surface area contributed by atoms with Crippen LogP contribution in [0.5, 0.6) is 0 Å². The molecule has 2 aliphatic rings. The van der Waals surface area contributed by atoms with Crippen LogP contribution in [0, 0.1) is 0 Å². The smallest absolute Gasteiger partial charge is 0.366 e. The van der Waals surface area contributed by atoms with Gasteiger partial charge < -0.3 is 4.90 Å². The van der Waals surface area contributed by atoms with Gasteiger partial charge >= 0.3 is 6.18 Å². The van der Waals surface area contributed by atoms with E-state index in [0.29, 0.717) is 11.7 Å². The van der Waals surface area contributed by atoms with Crippen LogP contribution in [0.1, 0.15) is 24.8 Å². The van der Waals surface area contributed by atoms with Crippen LogP contribution in [0.2, 0.25) is 5.02 Å². The van der Waals surface area contributed by atoms with Gasteiger partial charge in [-0.15, -0.1) is 0 Å². The predicted molar refractivity (Wildman–Crippen MR) is 101 cm³/mol. The van der Waals surface area contributed by atoms with Gasteiger partial charge in [0.2, 0.25) is 0 Å². The van der Waals surface area contributed by atoms with E-state index in [1.54, 1.807) is 0 Å². The minimum Gasteiger partial charge on any atom is -0.366 e. The average Bonchev–Trinajstić information content (AvgIpc) is 2.69. The number of piperazine rings is 1. The van der Waals surface area contributed by atoms with Crippen LogP contribution in [0.4, 0.5) is 18.9 Å². The van der Waals surface area contributed by atoms with E-state index in [1.165, 1.54) is 31.2 Å². The SMILES string of the molecule is O=c1c(Cl)c(N2CCN3CCCCC3C2)cnn1-c1cccc(C(F)(F)F)c1. The van der Waals surface area contributed by atoms with Crippen LogP contribution in [-0.2, 0) is 6.18 Å². The molecule has 0 saturated carbocycles. The van der Waals surface area contributed by atoms with Gasteiger partial charge in [0.25, 0.3) is 5.56 Å². The van der Waals surface area contributed by atoms with Crippen LogP contribution in [-0.4, -0.2) is 46.9 Å². The van der Waals surface area contributed by atoms with Gasteiger partial charge in [-0.2, -0.15) is 23.0 Å². The lowest BCUT2D eigenvalue weighted by Gasteiger charge is -2.44. The van der Waals surface area contributed by atoms with E-state index < -0.39 is 17.3 Å². The summed E-state index contributed by atoms with van der Waals surface area (Å²) in [6.45, 7) is 3.51. The highest BCUT2D eigenvalue weighted by molar-refractivity contribution is 6.33. The second-order valence-corrected chi connectivity index (χ2v) is 7.62. The molecule has 2 saturated heterocycles. The first-order valence-corrected chi connectivity index (χ1v) is 9.67. The van der Waals surface area contributed by atoms with Crippen molar-refractivity contribution in [2.24, 2.45) is 0 Å². The van der Waals surface area contributed by atoms with E-state index in [9.17, 15) is 18.0 Å². The van der Waals surface area contributed by atoms with Gasteiger partial charge in [0, 0.05) is 25.7 Å². The molecule has 3 heterocycles. The van der Waals surface area contributed by atoms with Crippen molar-refractivity contribution in [3.63, 3.8) is 0 Å². The first-order chi connectivity index (χ1) is 13.3. The largest absolute Gasteiger partial charge is 0.416 e. The van der Waals surface area contributed by atoms with E-state index in [-0.39, 0.29) is 10.7 Å². The van der Waals surface area contributed by atoms with Gasteiger partial charge in [-0.05, 0) is 37.6 Å². The van der Waals surface area contributed by atoms with Crippen LogP contribution in [0.15, 0.2) is 35.3 Å². The molecule has 0 amide bonds. The maximum atomic E-state index is 13.0. The zero-order valence-electron chi connectivity index (χ0n) is 15.1. The normalized spacial score (nSPS) is 20.9. The third-order valence-electron chi connectivity index (χ3n) is 5.50. The van der Waals surface area contributed by atoms with Crippen molar-refractivity contribution in [2.45, 2.75) is 31.5 Å². The molecule has 150 valence electrons. The van der Waals surface area contributed by atoms with Gasteiger partial charge in [0.1, 0.15) is 5.02 Å². The van der Waals surface area contributed by atoms with Crippen molar-refractivity contribution in [1.29, 1.82) is 0 Å². The maximum absolute atomic E-state index is 13.0. The molecule has 1 atom stereocenters. The van der Waals surface area contributed by atoms with Gasteiger partial charge in [-0.25, -0.2) is 0 Å². The number of alkyl halides is 3. The fraction of sp³-hybridized carbons (Fsp3) is 0.474. The van der Waals surface area contributed by atoms with Crippen molar-refractivity contribution in [3.05, 3.63) is 51.4 Å². The molecule has 1 unspecified atom stereocenters. The van der Waals surface area contributed by atoms with Crippen LogP contribution in [0.3, 0.4) is 0 Å². The number of hydrogen-bond acceptors (Lipinski definition) is 4.